The quantitative estimate of drug-likeness (QED) is 0.614. The molecule has 1 atom stereocenters. The number of hydrogen-bond acceptors (Lipinski definition) is 5. The van der Waals surface area contributed by atoms with Crippen molar-refractivity contribution in [3.63, 3.8) is 0 Å². The van der Waals surface area contributed by atoms with E-state index in [1.54, 1.807) is 32.0 Å². The van der Waals surface area contributed by atoms with Crippen molar-refractivity contribution in [2.45, 2.75) is 53.6 Å². The second-order valence-corrected chi connectivity index (χ2v) is 7.62. The van der Waals surface area contributed by atoms with Crippen molar-refractivity contribution < 1.29 is 23.8 Å². The Labute approximate surface area is 162 Å². The third-order valence-electron chi connectivity index (χ3n) is 4.03. The van der Waals surface area contributed by atoms with Crippen molar-refractivity contribution >= 4 is 17.6 Å². The molecule has 0 spiro atoms. The molecule has 1 amide bonds. The Morgan fingerprint density at radius 1 is 1.15 bits per heavy atom. The maximum atomic E-state index is 12.7. The average Bonchev–Trinajstić information content (AvgIpc) is 2.59. The Morgan fingerprint density at radius 3 is 2.33 bits per heavy atom. The van der Waals surface area contributed by atoms with Gasteiger partial charge < -0.3 is 19.5 Å². The molecule has 0 aliphatic rings. The highest BCUT2D eigenvalue weighted by atomic mass is 16.5. The first-order chi connectivity index (χ1) is 12.6. The van der Waals surface area contributed by atoms with Crippen LogP contribution in [0, 0.1) is 11.8 Å². The van der Waals surface area contributed by atoms with Gasteiger partial charge in [0.25, 0.3) is 5.91 Å². The molecule has 0 saturated carbocycles. The molecule has 0 unspecified atom stereocenters. The second kappa shape index (κ2) is 10.3. The standard InChI is InChI=1S/C21H33NO5/c1-8-26-19(23)17-11-16(9-10-18(17)27-13-15(4)5)22-20(24)21(6,25-7)12-14(2)3/h9-11,14-15H,8,12-13H2,1-7H3,(H,22,24)/t21-/m0/s1. The van der Waals surface area contributed by atoms with Gasteiger partial charge in [0.05, 0.1) is 13.2 Å². The fraction of sp³-hybridized carbons (Fsp3) is 0.619. The van der Waals surface area contributed by atoms with Crippen LogP contribution in [0.4, 0.5) is 5.69 Å². The molecular weight excluding hydrogens is 346 g/mol. The van der Waals surface area contributed by atoms with E-state index in [1.165, 1.54) is 7.11 Å². The smallest absolute Gasteiger partial charge is 0.341 e. The van der Waals surface area contributed by atoms with E-state index >= 15 is 0 Å². The van der Waals surface area contributed by atoms with Crippen LogP contribution in [0.2, 0.25) is 0 Å². The molecule has 1 rings (SSSR count). The second-order valence-electron chi connectivity index (χ2n) is 7.62. The third-order valence-corrected chi connectivity index (χ3v) is 4.03. The summed E-state index contributed by atoms with van der Waals surface area (Å²) in [6.45, 7) is 12.4. The van der Waals surface area contributed by atoms with Crippen LogP contribution in [-0.2, 0) is 14.3 Å². The van der Waals surface area contributed by atoms with Crippen LogP contribution in [0.5, 0.6) is 5.75 Å². The molecule has 27 heavy (non-hydrogen) atoms. The zero-order chi connectivity index (χ0) is 20.6. The number of carbonyl (C=O) groups is 2. The molecule has 152 valence electrons. The van der Waals surface area contributed by atoms with Gasteiger partial charge in [-0.1, -0.05) is 27.7 Å². The van der Waals surface area contributed by atoms with Gasteiger partial charge in [0.1, 0.15) is 16.9 Å². The summed E-state index contributed by atoms with van der Waals surface area (Å²) in [7, 11) is 1.52. The van der Waals surface area contributed by atoms with Crippen LogP contribution in [-0.4, -0.2) is 37.8 Å². The van der Waals surface area contributed by atoms with E-state index < -0.39 is 11.6 Å². The fourth-order valence-corrected chi connectivity index (χ4v) is 2.67. The van der Waals surface area contributed by atoms with Crippen LogP contribution in [0.3, 0.4) is 0 Å². The molecule has 1 aromatic rings. The monoisotopic (exact) mass is 379 g/mol. The van der Waals surface area contributed by atoms with Crippen molar-refractivity contribution in [3.8, 4) is 5.75 Å². The summed E-state index contributed by atoms with van der Waals surface area (Å²) in [4.78, 5) is 25.0. The molecule has 0 aromatic heterocycles. The molecule has 0 aliphatic carbocycles. The number of amides is 1. The minimum atomic E-state index is -0.953. The average molecular weight is 379 g/mol. The lowest BCUT2D eigenvalue weighted by molar-refractivity contribution is -0.137. The highest BCUT2D eigenvalue weighted by molar-refractivity contribution is 5.99. The van der Waals surface area contributed by atoms with Gasteiger partial charge in [-0.15, -0.1) is 0 Å². The number of esters is 1. The minimum Gasteiger partial charge on any atom is -0.492 e. The van der Waals surface area contributed by atoms with Crippen LogP contribution in [0.15, 0.2) is 18.2 Å². The van der Waals surface area contributed by atoms with Crippen LogP contribution < -0.4 is 10.1 Å². The molecule has 0 fully saturated rings. The zero-order valence-electron chi connectivity index (χ0n) is 17.5. The van der Waals surface area contributed by atoms with E-state index in [1.807, 2.05) is 27.7 Å². The summed E-state index contributed by atoms with van der Waals surface area (Å²) in [6, 6.07) is 4.97. The predicted molar refractivity (Wildman–Crippen MR) is 106 cm³/mol. The van der Waals surface area contributed by atoms with Gasteiger partial charge in [-0.25, -0.2) is 4.79 Å². The van der Waals surface area contributed by atoms with Crippen LogP contribution >= 0.6 is 0 Å². The largest absolute Gasteiger partial charge is 0.492 e. The van der Waals surface area contributed by atoms with E-state index in [0.717, 1.165) is 0 Å². The highest BCUT2D eigenvalue weighted by Crippen LogP contribution is 2.27. The fourth-order valence-electron chi connectivity index (χ4n) is 2.67. The number of ether oxygens (including phenoxy) is 3. The molecule has 0 radical (unpaired) electrons. The number of carbonyl (C=O) groups excluding carboxylic acids is 2. The number of methoxy groups -OCH3 is 1. The lowest BCUT2D eigenvalue weighted by Gasteiger charge is -2.28. The first-order valence-electron chi connectivity index (χ1n) is 9.43. The molecule has 0 saturated heterocycles. The molecule has 0 aliphatic heterocycles. The van der Waals surface area contributed by atoms with Gasteiger partial charge in [-0.05, 0) is 50.3 Å². The molecule has 6 nitrogen and oxygen atoms in total. The first kappa shape index (κ1) is 23.0. The van der Waals surface area contributed by atoms with E-state index in [-0.39, 0.29) is 12.5 Å². The van der Waals surface area contributed by atoms with Crippen LogP contribution in [0.1, 0.15) is 58.3 Å². The number of benzene rings is 1. The van der Waals surface area contributed by atoms with E-state index in [2.05, 4.69) is 5.32 Å². The summed E-state index contributed by atoms with van der Waals surface area (Å²) >= 11 is 0. The zero-order valence-corrected chi connectivity index (χ0v) is 17.5. The summed E-state index contributed by atoms with van der Waals surface area (Å²) in [5.41, 5.74) is -0.171. The number of nitrogens with one attached hydrogen (secondary N) is 1. The summed E-state index contributed by atoms with van der Waals surface area (Å²) < 4.78 is 16.3. The molecule has 1 aromatic carbocycles. The highest BCUT2D eigenvalue weighted by Gasteiger charge is 2.34. The van der Waals surface area contributed by atoms with Gasteiger partial charge in [0, 0.05) is 12.8 Å². The Morgan fingerprint density at radius 2 is 1.81 bits per heavy atom. The van der Waals surface area contributed by atoms with E-state index in [0.29, 0.717) is 41.9 Å². The molecule has 1 N–H and O–H groups in total. The van der Waals surface area contributed by atoms with Crippen molar-refractivity contribution in [2.75, 3.05) is 25.6 Å². The molecule has 0 bridgehead atoms. The summed E-state index contributed by atoms with van der Waals surface area (Å²) in [6.07, 6.45) is 0.579. The van der Waals surface area contributed by atoms with Gasteiger partial charge in [0.2, 0.25) is 0 Å². The minimum absolute atomic E-state index is 0.259. The lowest BCUT2D eigenvalue weighted by Crippen LogP contribution is -2.43. The summed E-state index contributed by atoms with van der Waals surface area (Å²) in [5.74, 6) is 0.311. The lowest BCUT2D eigenvalue weighted by atomic mass is 9.93. The van der Waals surface area contributed by atoms with Gasteiger partial charge >= 0.3 is 5.97 Å². The van der Waals surface area contributed by atoms with Crippen molar-refractivity contribution in [3.05, 3.63) is 23.8 Å². The van der Waals surface area contributed by atoms with Crippen molar-refractivity contribution in [1.82, 2.24) is 0 Å². The Balaban J connectivity index is 3.09. The molecular formula is C21H33NO5. The molecule has 0 heterocycles. The molecule has 6 heteroatoms. The van der Waals surface area contributed by atoms with Crippen molar-refractivity contribution in [2.24, 2.45) is 11.8 Å². The number of rotatable bonds is 10. The topological polar surface area (TPSA) is 73.9 Å². The first-order valence-corrected chi connectivity index (χ1v) is 9.43. The Kier molecular flexibility index (Phi) is 8.76. The maximum Gasteiger partial charge on any atom is 0.341 e. The number of hydrogen-bond donors (Lipinski definition) is 1. The number of anilines is 1. The normalized spacial score (nSPS) is 13.4. The maximum absolute atomic E-state index is 12.7. The predicted octanol–water partition coefficient (Wildman–Crippen LogP) is 4.29. The SMILES string of the molecule is CCOC(=O)c1cc(NC(=O)[C@](C)(CC(C)C)OC)ccc1OCC(C)C. The van der Waals surface area contributed by atoms with Gasteiger partial charge in [-0.3, -0.25) is 4.79 Å². The Bertz CT molecular complexity index is 641. The Hall–Kier alpha value is -2.08. The van der Waals surface area contributed by atoms with Crippen molar-refractivity contribution in [1.29, 1.82) is 0 Å². The summed E-state index contributed by atoms with van der Waals surface area (Å²) in [5, 5.41) is 2.84. The van der Waals surface area contributed by atoms with E-state index in [9.17, 15) is 9.59 Å². The third kappa shape index (κ3) is 6.86. The van der Waals surface area contributed by atoms with Gasteiger partial charge in [0.15, 0.2) is 0 Å². The van der Waals surface area contributed by atoms with Gasteiger partial charge in [-0.2, -0.15) is 0 Å². The van der Waals surface area contributed by atoms with E-state index in [4.69, 9.17) is 14.2 Å². The van der Waals surface area contributed by atoms with Crippen LogP contribution in [0.25, 0.3) is 0 Å².